The Bertz CT molecular complexity index is 310. The van der Waals surface area contributed by atoms with Gasteiger partial charge in [0, 0.05) is 43.0 Å². The Labute approximate surface area is 145 Å². The number of hydrogen-bond donors (Lipinski definition) is 2. The Morgan fingerprint density at radius 3 is 1.87 bits per heavy atom. The minimum atomic E-state index is 0.148. The van der Waals surface area contributed by atoms with Crippen LogP contribution in [0.2, 0.25) is 0 Å². The molecule has 1 aliphatic heterocycles. The van der Waals surface area contributed by atoms with E-state index in [4.69, 9.17) is 10.5 Å². The Morgan fingerprint density at radius 1 is 1.17 bits per heavy atom. The normalized spacial score (nSPS) is 14.2. The SMILES string of the molecule is C=C(C)N1CCOCC1.C=C(NCCN)C(C)(C)C.CC(C)C. The van der Waals surface area contributed by atoms with E-state index >= 15 is 0 Å². The van der Waals surface area contributed by atoms with Crippen molar-refractivity contribution in [3.63, 3.8) is 0 Å². The second-order valence-corrected chi connectivity index (χ2v) is 7.51. The maximum atomic E-state index is 5.32. The number of allylic oxidation sites excluding steroid dienone is 2. The van der Waals surface area contributed by atoms with Crippen molar-refractivity contribution in [3.8, 4) is 0 Å². The standard InChI is InChI=1S/C8H18N2.C7H13NO.C4H10/c1-7(8(2,3)4)10-6-5-9;1-7(2)8-3-5-9-6-4-8;1-4(2)3/h10H,1,5-6,9H2,2-4H3;1,3-6H2,2H3;4H,1-3H3. The third-order valence-corrected chi connectivity index (χ3v) is 2.94. The highest BCUT2D eigenvalue weighted by Gasteiger charge is 2.13. The molecule has 4 heteroatoms. The van der Waals surface area contributed by atoms with Gasteiger partial charge in [-0.1, -0.05) is 54.7 Å². The number of rotatable bonds is 4. The predicted octanol–water partition coefficient (Wildman–Crippen LogP) is 3.61. The van der Waals surface area contributed by atoms with Crippen molar-refractivity contribution in [2.24, 2.45) is 17.1 Å². The van der Waals surface area contributed by atoms with Crippen molar-refractivity contribution in [2.45, 2.75) is 48.5 Å². The van der Waals surface area contributed by atoms with Gasteiger partial charge in [-0.3, -0.25) is 0 Å². The highest BCUT2D eigenvalue weighted by Crippen LogP contribution is 2.20. The smallest absolute Gasteiger partial charge is 0.0642 e. The van der Waals surface area contributed by atoms with Crippen molar-refractivity contribution in [1.29, 1.82) is 0 Å². The van der Waals surface area contributed by atoms with Crippen LogP contribution < -0.4 is 11.1 Å². The van der Waals surface area contributed by atoms with E-state index in [0.717, 1.165) is 50.2 Å². The number of nitrogens with one attached hydrogen (secondary N) is 1. The summed E-state index contributed by atoms with van der Waals surface area (Å²) < 4.78 is 5.17. The third kappa shape index (κ3) is 17.2. The molecule has 0 atom stereocenters. The third-order valence-electron chi connectivity index (χ3n) is 2.94. The van der Waals surface area contributed by atoms with Gasteiger partial charge in [0.05, 0.1) is 13.2 Å². The van der Waals surface area contributed by atoms with Crippen LogP contribution in [0.5, 0.6) is 0 Å². The van der Waals surface area contributed by atoms with Crippen molar-refractivity contribution >= 4 is 0 Å². The molecular formula is C19H41N3O. The average molecular weight is 328 g/mol. The van der Waals surface area contributed by atoms with Crippen LogP contribution in [-0.4, -0.2) is 44.3 Å². The van der Waals surface area contributed by atoms with Crippen LogP contribution in [0.15, 0.2) is 24.6 Å². The van der Waals surface area contributed by atoms with E-state index in [9.17, 15) is 0 Å². The van der Waals surface area contributed by atoms with Crippen LogP contribution >= 0.6 is 0 Å². The molecule has 0 aromatic rings. The maximum absolute atomic E-state index is 5.32. The molecule has 3 N–H and O–H groups in total. The average Bonchev–Trinajstić information content (AvgIpc) is 2.44. The van der Waals surface area contributed by atoms with Crippen molar-refractivity contribution in [2.75, 3.05) is 39.4 Å². The molecule has 0 spiro atoms. The van der Waals surface area contributed by atoms with E-state index in [2.05, 4.69) is 64.9 Å². The van der Waals surface area contributed by atoms with Crippen molar-refractivity contribution in [1.82, 2.24) is 10.2 Å². The van der Waals surface area contributed by atoms with Crippen LogP contribution in [0.4, 0.5) is 0 Å². The summed E-state index contributed by atoms with van der Waals surface area (Å²) >= 11 is 0. The van der Waals surface area contributed by atoms with Gasteiger partial charge in [-0.25, -0.2) is 0 Å². The van der Waals surface area contributed by atoms with Crippen LogP contribution in [0.1, 0.15) is 48.5 Å². The fourth-order valence-corrected chi connectivity index (χ4v) is 1.43. The molecule has 0 bridgehead atoms. The van der Waals surface area contributed by atoms with E-state index in [1.54, 1.807) is 0 Å². The number of nitrogens with two attached hydrogens (primary N) is 1. The van der Waals surface area contributed by atoms with Gasteiger partial charge < -0.3 is 20.7 Å². The zero-order valence-electron chi connectivity index (χ0n) is 16.7. The summed E-state index contributed by atoms with van der Waals surface area (Å²) in [6.45, 7) is 27.9. The zero-order valence-corrected chi connectivity index (χ0v) is 16.7. The molecule has 1 saturated heterocycles. The van der Waals surface area contributed by atoms with Crippen LogP contribution in [0, 0.1) is 11.3 Å². The second-order valence-electron chi connectivity index (χ2n) is 7.51. The Morgan fingerprint density at radius 2 is 1.61 bits per heavy atom. The van der Waals surface area contributed by atoms with E-state index in [1.165, 1.54) is 0 Å². The molecule has 0 radical (unpaired) electrons. The van der Waals surface area contributed by atoms with E-state index in [0.29, 0.717) is 6.54 Å². The van der Waals surface area contributed by atoms with E-state index < -0.39 is 0 Å². The summed E-state index contributed by atoms with van der Waals surface area (Å²) in [6, 6.07) is 0. The summed E-state index contributed by atoms with van der Waals surface area (Å²) in [5.74, 6) is 0.833. The minimum Gasteiger partial charge on any atom is -0.387 e. The van der Waals surface area contributed by atoms with Crippen LogP contribution in [0.3, 0.4) is 0 Å². The Balaban J connectivity index is 0. The molecule has 0 aromatic carbocycles. The lowest BCUT2D eigenvalue weighted by Crippen LogP contribution is -2.34. The second kappa shape index (κ2) is 13.4. The zero-order chi connectivity index (χ0) is 18.5. The fourth-order valence-electron chi connectivity index (χ4n) is 1.43. The molecule has 0 aromatic heterocycles. The van der Waals surface area contributed by atoms with Crippen LogP contribution in [0.25, 0.3) is 0 Å². The van der Waals surface area contributed by atoms with Gasteiger partial charge in [-0.15, -0.1) is 0 Å². The van der Waals surface area contributed by atoms with Gasteiger partial charge in [0.1, 0.15) is 0 Å². The molecule has 0 aliphatic carbocycles. The number of ether oxygens (including phenoxy) is 1. The van der Waals surface area contributed by atoms with Crippen LogP contribution in [-0.2, 0) is 4.74 Å². The first-order valence-corrected chi connectivity index (χ1v) is 8.63. The first kappa shape index (κ1) is 24.3. The molecule has 1 heterocycles. The molecule has 138 valence electrons. The Hall–Kier alpha value is -1.00. The van der Waals surface area contributed by atoms with E-state index in [1.807, 2.05) is 6.92 Å². The molecule has 1 fully saturated rings. The quantitative estimate of drug-likeness (QED) is 0.828. The maximum Gasteiger partial charge on any atom is 0.0642 e. The molecular weight excluding hydrogens is 286 g/mol. The van der Waals surface area contributed by atoms with Crippen molar-refractivity contribution < 1.29 is 4.74 Å². The molecule has 4 nitrogen and oxygen atoms in total. The number of nitrogens with zero attached hydrogens (tertiary/aromatic N) is 1. The Kier molecular flexibility index (Phi) is 14.2. The molecule has 0 unspecified atom stereocenters. The van der Waals surface area contributed by atoms with Gasteiger partial charge in [-0.05, 0) is 12.8 Å². The lowest BCUT2D eigenvalue weighted by Gasteiger charge is -2.28. The van der Waals surface area contributed by atoms with E-state index in [-0.39, 0.29) is 5.41 Å². The van der Waals surface area contributed by atoms with Gasteiger partial charge in [0.15, 0.2) is 0 Å². The summed E-state index contributed by atoms with van der Waals surface area (Å²) in [4.78, 5) is 2.24. The molecule has 1 aliphatic rings. The summed E-state index contributed by atoms with van der Waals surface area (Å²) in [5, 5.41) is 3.15. The predicted molar refractivity (Wildman–Crippen MR) is 103 cm³/mol. The fraction of sp³-hybridized carbons (Fsp3) is 0.789. The monoisotopic (exact) mass is 327 g/mol. The molecule has 0 amide bonds. The van der Waals surface area contributed by atoms with Gasteiger partial charge in [0.25, 0.3) is 0 Å². The number of hydrogen-bond acceptors (Lipinski definition) is 4. The van der Waals surface area contributed by atoms with Gasteiger partial charge in [0.2, 0.25) is 0 Å². The molecule has 0 saturated carbocycles. The molecule has 1 rings (SSSR count). The minimum absolute atomic E-state index is 0.148. The van der Waals surface area contributed by atoms with Gasteiger partial charge >= 0.3 is 0 Å². The number of morpholine rings is 1. The topological polar surface area (TPSA) is 50.5 Å². The first-order chi connectivity index (χ1) is 10.5. The highest BCUT2D eigenvalue weighted by atomic mass is 16.5. The lowest BCUT2D eigenvalue weighted by molar-refractivity contribution is 0.0540. The van der Waals surface area contributed by atoms with Crippen molar-refractivity contribution in [3.05, 3.63) is 24.6 Å². The highest BCUT2D eigenvalue weighted by molar-refractivity contribution is 5.02. The summed E-state index contributed by atoms with van der Waals surface area (Å²) in [5.41, 5.74) is 7.67. The lowest BCUT2D eigenvalue weighted by atomic mass is 9.93. The first-order valence-electron chi connectivity index (χ1n) is 8.63. The largest absolute Gasteiger partial charge is 0.387 e. The van der Waals surface area contributed by atoms with Gasteiger partial charge in [-0.2, -0.15) is 0 Å². The molecule has 23 heavy (non-hydrogen) atoms. The summed E-state index contributed by atoms with van der Waals surface area (Å²) in [6.07, 6.45) is 0. The summed E-state index contributed by atoms with van der Waals surface area (Å²) in [7, 11) is 0.